The molecule has 9 nitrogen and oxygen atoms in total. The maximum Gasteiger partial charge on any atom is 0.250 e. The number of nitrogens with zero attached hydrogens (tertiary/aromatic N) is 1. The molecule has 0 saturated carbocycles. The zero-order valence-electron chi connectivity index (χ0n) is 16.6. The van der Waals surface area contributed by atoms with Gasteiger partial charge in [0.15, 0.2) is 0 Å². The second-order valence-electron chi connectivity index (χ2n) is 8.01. The number of aryl methyl sites for hydroxylation is 2. The molecule has 29 heavy (non-hydrogen) atoms. The lowest BCUT2D eigenvalue weighted by Gasteiger charge is -2.29. The third-order valence-electron chi connectivity index (χ3n) is 6.20. The van der Waals surface area contributed by atoms with Gasteiger partial charge in [0.05, 0.1) is 25.0 Å². The number of methoxy groups -OCH3 is 1. The number of benzene rings is 1. The third kappa shape index (κ3) is 2.61. The summed E-state index contributed by atoms with van der Waals surface area (Å²) in [5.74, 6) is -3.62. The van der Waals surface area contributed by atoms with E-state index >= 15 is 0 Å². The standard InChI is InChI=1S/C20H24N4O5/c1-9-6-10(2)16-11(7-9)20(19(28)22-16)15-14(12(23-20)8-13(21)25)17(26)24(18(15)27)4-5-29-3/h6-7,12,14-15,23H,4-5,8H2,1-3H3,(H2,21,25)(H,22,28)/t12-,14+,15-,20-/m0/s1. The Labute approximate surface area is 167 Å². The van der Waals surface area contributed by atoms with Gasteiger partial charge in [-0.25, -0.2) is 0 Å². The molecule has 4 atom stereocenters. The summed E-state index contributed by atoms with van der Waals surface area (Å²) in [6.07, 6.45) is -0.145. The molecular formula is C20H24N4O5. The molecule has 9 heteroatoms. The first-order valence-corrected chi connectivity index (χ1v) is 9.55. The van der Waals surface area contributed by atoms with E-state index in [2.05, 4.69) is 10.6 Å². The predicted octanol–water partition coefficient (Wildman–Crippen LogP) is -0.454. The van der Waals surface area contributed by atoms with E-state index in [-0.39, 0.29) is 19.6 Å². The number of hydrogen-bond donors (Lipinski definition) is 3. The van der Waals surface area contributed by atoms with Gasteiger partial charge in [-0.3, -0.25) is 29.4 Å². The van der Waals surface area contributed by atoms with Gasteiger partial charge in [0.1, 0.15) is 5.54 Å². The minimum absolute atomic E-state index is 0.0991. The molecule has 4 amide bonds. The van der Waals surface area contributed by atoms with Crippen LogP contribution >= 0.6 is 0 Å². The summed E-state index contributed by atoms with van der Waals surface area (Å²) in [7, 11) is 1.48. The van der Waals surface area contributed by atoms with Crippen LogP contribution in [0.4, 0.5) is 5.69 Å². The highest BCUT2D eigenvalue weighted by Crippen LogP contribution is 2.54. The molecule has 3 aliphatic rings. The van der Waals surface area contributed by atoms with Crippen LogP contribution in [-0.2, 0) is 29.5 Å². The van der Waals surface area contributed by atoms with E-state index in [0.717, 1.165) is 16.0 Å². The maximum atomic E-state index is 13.3. The topological polar surface area (TPSA) is 131 Å². The van der Waals surface area contributed by atoms with E-state index in [1.165, 1.54) is 7.11 Å². The molecule has 1 spiro atoms. The van der Waals surface area contributed by atoms with Crippen LogP contribution in [-0.4, -0.2) is 54.8 Å². The molecule has 1 aromatic rings. The number of ether oxygens (including phenoxy) is 1. The number of likely N-dealkylation sites (tertiary alicyclic amines) is 1. The second kappa shape index (κ2) is 6.64. The predicted molar refractivity (Wildman–Crippen MR) is 103 cm³/mol. The molecule has 154 valence electrons. The first kappa shape index (κ1) is 19.5. The van der Waals surface area contributed by atoms with Gasteiger partial charge in [-0.15, -0.1) is 0 Å². The zero-order valence-corrected chi connectivity index (χ0v) is 16.6. The lowest BCUT2D eigenvalue weighted by Crippen LogP contribution is -2.53. The molecule has 0 unspecified atom stereocenters. The molecule has 0 bridgehead atoms. The number of fused-ring (bicyclic) bond motifs is 4. The number of nitrogens with two attached hydrogens (primary N) is 1. The SMILES string of the molecule is COCCN1C(=O)[C@@H]2[C@H](CC(N)=O)N[C@]3(C(=O)Nc4c(C)cc(C)cc43)[C@@H]2C1=O. The maximum absolute atomic E-state index is 13.3. The van der Waals surface area contributed by atoms with Gasteiger partial charge < -0.3 is 15.8 Å². The average molecular weight is 400 g/mol. The Morgan fingerprint density at radius 3 is 2.62 bits per heavy atom. The lowest BCUT2D eigenvalue weighted by molar-refractivity contribution is -0.143. The highest BCUT2D eigenvalue weighted by molar-refractivity contribution is 6.15. The number of rotatable bonds is 5. The summed E-state index contributed by atoms with van der Waals surface area (Å²) in [4.78, 5) is 52.5. The summed E-state index contributed by atoms with van der Waals surface area (Å²) in [6.45, 7) is 4.08. The van der Waals surface area contributed by atoms with Crippen molar-refractivity contribution in [2.24, 2.45) is 17.6 Å². The second-order valence-corrected chi connectivity index (χ2v) is 8.01. The first-order valence-electron chi connectivity index (χ1n) is 9.55. The van der Waals surface area contributed by atoms with E-state index < -0.39 is 47.0 Å². The summed E-state index contributed by atoms with van der Waals surface area (Å²) >= 11 is 0. The van der Waals surface area contributed by atoms with E-state index in [9.17, 15) is 19.2 Å². The fraction of sp³-hybridized carbons (Fsp3) is 0.500. The summed E-state index contributed by atoms with van der Waals surface area (Å²) in [5.41, 5.74) is 7.07. The minimum atomic E-state index is -1.41. The van der Waals surface area contributed by atoms with Gasteiger partial charge in [0, 0.05) is 30.8 Å². The Balaban J connectivity index is 1.87. The quantitative estimate of drug-likeness (QED) is 0.574. The minimum Gasteiger partial charge on any atom is -0.383 e. The van der Waals surface area contributed by atoms with Crippen molar-refractivity contribution in [1.82, 2.24) is 10.2 Å². The van der Waals surface area contributed by atoms with Gasteiger partial charge in [-0.2, -0.15) is 0 Å². The molecule has 3 heterocycles. The van der Waals surface area contributed by atoms with E-state index in [1.54, 1.807) is 0 Å². The van der Waals surface area contributed by atoms with Gasteiger partial charge >= 0.3 is 0 Å². The number of hydrogen-bond acceptors (Lipinski definition) is 6. The Morgan fingerprint density at radius 2 is 1.97 bits per heavy atom. The number of nitrogens with one attached hydrogen (secondary N) is 2. The summed E-state index contributed by atoms with van der Waals surface area (Å²) in [5, 5.41) is 6.07. The van der Waals surface area contributed by atoms with Gasteiger partial charge in [0.25, 0.3) is 0 Å². The van der Waals surface area contributed by atoms with Crippen molar-refractivity contribution in [2.75, 3.05) is 25.6 Å². The fourth-order valence-electron chi connectivity index (χ4n) is 5.11. The van der Waals surface area contributed by atoms with E-state index in [4.69, 9.17) is 10.5 Å². The van der Waals surface area contributed by atoms with Gasteiger partial charge in [-0.1, -0.05) is 17.7 Å². The Bertz CT molecular complexity index is 945. The van der Waals surface area contributed by atoms with Crippen molar-refractivity contribution in [1.29, 1.82) is 0 Å². The van der Waals surface area contributed by atoms with Crippen molar-refractivity contribution in [3.63, 3.8) is 0 Å². The van der Waals surface area contributed by atoms with Gasteiger partial charge in [0.2, 0.25) is 23.6 Å². The number of carbonyl (C=O) groups is 4. The molecule has 4 N–H and O–H groups in total. The highest BCUT2D eigenvalue weighted by Gasteiger charge is 2.70. The van der Waals surface area contributed by atoms with E-state index in [0.29, 0.717) is 11.3 Å². The molecule has 0 aliphatic carbocycles. The van der Waals surface area contributed by atoms with E-state index in [1.807, 2.05) is 26.0 Å². The van der Waals surface area contributed by atoms with Crippen LogP contribution < -0.4 is 16.4 Å². The zero-order chi connectivity index (χ0) is 21.1. The number of imide groups is 1. The number of amides is 4. The third-order valence-corrected chi connectivity index (χ3v) is 6.20. The van der Waals surface area contributed by atoms with Crippen molar-refractivity contribution in [3.8, 4) is 0 Å². The summed E-state index contributed by atoms with van der Waals surface area (Å²) < 4.78 is 5.02. The normalized spacial score (nSPS) is 30.1. The molecule has 2 saturated heterocycles. The largest absolute Gasteiger partial charge is 0.383 e. The Kier molecular flexibility index (Phi) is 4.47. The Hall–Kier alpha value is -2.78. The van der Waals surface area contributed by atoms with Crippen molar-refractivity contribution >= 4 is 29.3 Å². The molecular weight excluding hydrogens is 376 g/mol. The van der Waals surface area contributed by atoms with Crippen LogP contribution in [0.15, 0.2) is 12.1 Å². The molecule has 4 rings (SSSR count). The van der Waals surface area contributed by atoms with Crippen molar-refractivity contribution in [3.05, 3.63) is 28.8 Å². The molecule has 0 aromatic heterocycles. The van der Waals surface area contributed by atoms with Crippen LogP contribution in [0.3, 0.4) is 0 Å². The van der Waals surface area contributed by atoms with Crippen molar-refractivity contribution in [2.45, 2.75) is 31.8 Å². The van der Waals surface area contributed by atoms with Crippen molar-refractivity contribution < 1.29 is 23.9 Å². The number of primary amides is 1. The average Bonchev–Trinajstić information content (AvgIpc) is 3.20. The van der Waals surface area contributed by atoms with Crippen LogP contribution in [0.1, 0.15) is 23.1 Å². The summed E-state index contributed by atoms with van der Waals surface area (Å²) in [6, 6.07) is 3.09. The molecule has 2 fully saturated rings. The smallest absolute Gasteiger partial charge is 0.250 e. The van der Waals surface area contributed by atoms with Crippen LogP contribution in [0, 0.1) is 25.7 Å². The van der Waals surface area contributed by atoms with Crippen LogP contribution in [0.25, 0.3) is 0 Å². The number of anilines is 1. The van der Waals surface area contributed by atoms with Crippen LogP contribution in [0.5, 0.6) is 0 Å². The van der Waals surface area contributed by atoms with Gasteiger partial charge in [-0.05, 0) is 19.4 Å². The molecule has 3 aliphatic heterocycles. The molecule has 1 aromatic carbocycles. The monoisotopic (exact) mass is 400 g/mol. The fourth-order valence-corrected chi connectivity index (χ4v) is 5.11. The Morgan fingerprint density at radius 1 is 1.24 bits per heavy atom. The lowest BCUT2D eigenvalue weighted by atomic mass is 9.76. The molecule has 0 radical (unpaired) electrons. The number of carbonyl (C=O) groups excluding carboxylic acids is 4. The highest BCUT2D eigenvalue weighted by atomic mass is 16.5. The van der Waals surface area contributed by atoms with Crippen LogP contribution in [0.2, 0.25) is 0 Å². The first-order chi connectivity index (χ1) is 13.7.